The molecule has 0 radical (unpaired) electrons. The number of halogens is 4. The number of amides is 1. The number of thiocyanates is 1. The minimum Gasteiger partial charge on any atom is -0.360 e. The number of rotatable bonds is 5. The monoisotopic (exact) mass is 422 g/mol. The molecule has 0 atom stereocenters. The van der Waals surface area contributed by atoms with E-state index in [-0.39, 0.29) is 11.3 Å². The molecule has 0 saturated carbocycles. The lowest BCUT2D eigenvalue weighted by Crippen LogP contribution is -2.15. The highest BCUT2D eigenvalue weighted by Crippen LogP contribution is 2.36. The number of hydrogen-bond acceptors (Lipinski definition) is 5. The van der Waals surface area contributed by atoms with E-state index in [1.54, 1.807) is 30.3 Å². The van der Waals surface area contributed by atoms with Crippen molar-refractivity contribution in [2.24, 2.45) is 0 Å². The highest BCUT2D eigenvalue weighted by molar-refractivity contribution is 8.03. The lowest BCUT2D eigenvalue weighted by atomic mass is 10.2. The largest absolute Gasteiger partial charge is 0.417 e. The molecule has 10 heteroatoms. The molecule has 2 N–H and O–H groups in total. The molecule has 0 heterocycles. The Labute approximate surface area is 167 Å². The average molecular weight is 423 g/mol. The lowest BCUT2D eigenvalue weighted by Gasteiger charge is -2.11. The van der Waals surface area contributed by atoms with Gasteiger partial charge in [-0.2, -0.15) is 23.7 Å². The normalized spacial score (nSPS) is 11.3. The van der Waals surface area contributed by atoms with Crippen molar-refractivity contribution in [3.8, 4) is 11.5 Å². The van der Waals surface area contributed by atoms with Crippen LogP contribution in [0.15, 0.2) is 59.1 Å². The van der Waals surface area contributed by atoms with Gasteiger partial charge in [-0.1, -0.05) is 11.6 Å². The number of hydrogen-bond donors (Lipinski definition) is 2. The second kappa shape index (κ2) is 9.18. The first-order valence-corrected chi connectivity index (χ1v) is 8.65. The van der Waals surface area contributed by atoms with Crippen LogP contribution in [0.2, 0.25) is 5.02 Å². The predicted molar refractivity (Wildman–Crippen MR) is 100 cm³/mol. The third kappa shape index (κ3) is 5.68. The van der Waals surface area contributed by atoms with Gasteiger partial charge in [-0.3, -0.25) is 4.79 Å². The molecule has 0 aliphatic carbocycles. The van der Waals surface area contributed by atoms with Crippen LogP contribution in [0.5, 0.6) is 0 Å². The van der Waals surface area contributed by atoms with E-state index in [1.807, 2.05) is 5.40 Å². The fourth-order valence-electron chi connectivity index (χ4n) is 1.99. The van der Waals surface area contributed by atoms with Crippen molar-refractivity contribution in [1.29, 1.82) is 10.5 Å². The van der Waals surface area contributed by atoms with E-state index in [9.17, 15) is 18.0 Å². The van der Waals surface area contributed by atoms with E-state index in [0.717, 1.165) is 28.9 Å². The highest BCUT2D eigenvalue weighted by Gasteiger charge is 2.33. The molecule has 0 spiro atoms. The van der Waals surface area contributed by atoms with E-state index in [0.29, 0.717) is 11.8 Å². The van der Waals surface area contributed by atoms with Gasteiger partial charge in [0.2, 0.25) is 0 Å². The summed E-state index contributed by atoms with van der Waals surface area (Å²) < 4.78 is 38.7. The van der Waals surface area contributed by atoms with Gasteiger partial charge in [-0.25, -0.2) is 0 Å². The Bertz CT molecular complexity index is 992. The van der Waals surface area contributed by atoms with E-state index in [1.165, 1.54) is 6.07 Å². The molecule has 0 aliphatic rings. The van der Waals surface area contributed by atoms with Gasteiger partial charge >= 0.3 is 6.18 Å². The van der Waals surface area contributed by atoms with Gasteiger partial charge in [0.25, 0.3) is 5.91 Å². The quantitative estimate of drug-likeness (QED) is 0.292. The molecular weight excluding hydrogens is 413 g/mol. The lowest BCUT2D eigenvalue weighted by molar-refractivity contribution is -0.137. The summed E-state index contributed by atoms with van der Waals surface area (Å²) in [5.74, 6) is -0.887. The second-order valence-corrected chi connectivity index (χ2v) is 6.44. The minimum absolute atomic E-state index is 0.152. The summed E-state index contributed by atoms with van der Waals surface area (Å²) in [6, 6.07) is 11.2. The summed E-state index contributed by atoms with van der Waals surface area (Å²) in [5, 5.41) is 24.1. The molecule has 0 aliphatic heterocycles. The molecule has 0 fully saturated rings. The number of nitriles is 2. The molecule has 0 unspecified atom stereocenters. The van der Waals surface area contributed by atoms with E-state index in [2.05, 4.69) is 10.6 Å². The first-order chi connectivity index (χ1) is 13.2. The Morgan fingerprint density at radius 2 is 1.75 bits per heavy atom. The third-order valence-corrected chi connectivity index (χ3v) is 4.22. The number of carbonyl (C=O) groups is 1. The summed E-state index contributed by atoms with van der Waals surface area (Å²) in [6.07, 6.45) is -3.55. The van der Waals surface area contributed by atoms with Gasteiger partial charge in [-0.15, -0.1) is 0 Å². The molecular formula is C18H10ClF3N4OS. The molecule has 0 saturated heterocycles. The Balaban J connectivity index is 2.12. The minimum atomic E-state index is -4.68. The Hall–Kier alpha value is -3.14. The van der Waals surface area contributed by atoms with Crippen LogP contribution in [-0.2, 0) is 11.0 Å². The molecule has 28 heavy (non-hydrogen) atoms. The zero-order valence-electron chi connectivity index (χ0n) is 13.8. The van der Waals surface area contributed by atoms with Crippen molar-refractivity contribution in [2.45, 2.75) is 11.1 Å². The van der Waals surface area contributed by atoms with Gasteiger partial charge < -0.3 is 10.6 Å². The number of alkyl halides is 3. The molecule has 2 aromatic carbocycles. The second-order valence-electron chi connectivity index (χ2n) is 5.18. The fraction of sp³-hybridized carbons (Fsp3) is 0.0556. The zero-order valence-corrected chi connectivity index (χ0v) is 15.4. The number of nitrogens with one attached hydrogen (secondary N) is 2. The Morgan fingerprint density at radius 3 is 2.32 bits per heavy atom. The smallest absolute Gasteiger partial charge is 0.360 e. The van der Waals surface area contributed by atoms with Crippen LogP contribution in [0.4, 0.5) is 24.5 Å². The van der Waals surface area contributed by atoms with Crippen molar-refractivity contribution in [2.75, 3.05) is 10.6 Å². The maximum absolute atomic E-state index is 12.9. The van der Waals surface area contributed by atoms with Crippen molar-refractivity contribution < 1.29 is 18.0 Å². The van der Waals surface area contributed by atoms with Gasteiger partial charge in [-0.05, 0) is 54.2 Å². The molecule has 2 aromatic rings. The zero-order chi connectivity index (χ0) is 20.7. The maximum Gasteiger partial charge on any atom is 0.417 e. The summed E-state index contributed by atoms with van der Waals surface area (Å²) in [7, 11) is 0. The molecule has 142 valence electrons. The van der Waals surface area contributed by atoms with Crippen molar-refractivity contribution in [3.63, 3.8) is 0 Å². The molecule has 2 rings (SSSR count). The standard InChI is InChI=1S/C18H10ClF3N4OS/c19-16-6-3-13(7-15(16)18(20,21)22)26-17(27)11(8-23)9-25-12-1-4-14(5-2-12)28-10-24/h1-7,9,25H,(H,26,27)/b11-9-. The maximum atomic E-state index is 12.9. The van der Waals surface area contributed by atoms with Crippen molar-refractivity contribution in [1.82, 2.24) is 0 Å². The predicted octanol–water partition coefficient (Wildman–Crippen LogP) is 5.39. The van der Waals surface area contributed by atoms with Gasteiger partial charge in [0, 0.05) is 22.5 Å². The number of thioether (sulfide) groups is 1. The number of nitrogens with zero attached hydrogens (tertiary/aromatic N) is 2. The van der Waals surface area contributed by atoms with Gasteiger partial charge in [0.1, 0.15) is 17.0 Å². The molecule has 0 aromatic heterocycles. The highest BCUT2D eigenvalue weighted by atomic mass is 35.5. The summed E-state index contributed by atoms with van der Waals surface area (Å²) >= 11 is 6.51. The van der Waals surface area contributed by atoms with Crippen LogP contribution >= 0.6 is 23.4 Å². The average Bonchev–Trinajstić information content (AvgIpc) is 2.64. The summed E-state index contributed by atoms with van der Waals surface area (Å²) in [4.78, 5) is 12.9. The number of anilines is 2. The summed E-state index contributed by atoms with van der Waals surface area (Å²) in [6.45, 7) is 0. The first-order valence-electron chi connectivity index (χ1n) is 7.45. The van der Waals surface area contributed by atoms with E-state index < -0.39 is 22.7 Å². The third-order valence-electron chi connectivity index (χ3n) is 3.30. The van der Waals surface area contributed by atoms with Gasteiger partial charge in [0.15, 0.2) is 0 Å². The fourth-order valence-corrected chi connectivity index (χ4v) is 2.60. The van der Waals surface area contributed by atoms with E-state index >= 15 is 0 Å². The van der Waals surface area contributed by atoms with Crippen LogP contribution in [0.3, 0.4) is 0 Å². The number of benzene rings is 2. The SMILES string of the molecule is N#CSc1ccc(N/C=C(/C#N)C(=O)Nc2ccc(Cl)c(C(F)(F)F)c2)cc1. The van der Waals surface area contributed by atoms with Crippen LogP contribution in [-0.4, -0.2) is 5.91 Å². The Kier molecular flexibility index (Phi) is 6.94. The molecule has 5 nitrogen and oxygen atoms in total. The van der Waals surface area contributed by atoms with Crippen LogP contribution < -0.4 is 10.6 Å². The van der Waals surface area contributed by atoms with Crippen LogP contribution in [0, 0.1) is 22.0 Å². The molecule has 0 bridgehead atoms. The Morgan fingerprint density at radius 1 is 1.11 bits per heavy atom. The van der Waals surface area contributed by atoms with Crippen molar-refractivity contribution in [3.05, 3.63) is 64.8 Å². The van der Waals surface area contributed by atoms with Crippen molar-refractivity contribution >= 4 is 40.6 Å². The number of carbonyl (C=O) groups excluding carboxylic acids is 1. The summed E-state index contributed by atoms with van der Waals surface area (Å²) in [5.41, 5.74) is -1.05. The van der Waals surface area contributed by atoms with Gasteiger partial charge in [0.05, 0.1) is 10.6 Å². The first kappa shape index (κ1) is 21.2. The van der Waals surface area contributed by atoms with E-state index in [4.69, 9.17) is 22.1 Å². The van der Waals surface area contributed by atoms with Crippen LogP contribution in [0.1, 0.15) is 5.56 Å². The van der Waals surface area contributed by atoms with Crippen LogP contribution in [0.25, 0.3) is 0 Å². The molecule has 1 amide bonds. The topological polar surface area (TPSA) is 88.7 Å².